The second-order valence-corrected chi connectivity index (χ2v) is 15.9. The molecule has 2 aromatic heterocycles. The Bertz CT molecular complexity index is 3530. The van der Waals surface area contributed by atoms with Crippen molar-refractivity contribution in [1.29, 1.82) is 0 Å². The minimum Gasteiger partial charge on any atom is -0.455 e. The molecule has 0 aliphatic carbocycles. The second-order valence-electron chi connectivity index (χ2n) is 14.8. The fourth-order valence-corrected chi connectivity index (χ4v) is 10.1. The molecule has 12 rings (SSSR count). The third-order valence-electron chi connectivity index (χ3n) is 11.7. The number of thiophene rings is 1. The summed E-state index contributed by atoms with van der Waals surface area (Å²) in [4.78, 5) is 2.41. The van der Waals surface area contributed by atoms with Crippen molar-refractivity contribution in [3.05, 3.63) is 200 Å². The van der Waals surface area contributed by atoms with Gasteiger partial charge in [-0.1, -0.05) is 146 Å². The van der Waals surface area contributed by atoms with E-state index >= 15 is 0 Å². The molecule has 0 aliphatic heterocycles. The van der Waals surface area contributed by atoms with E-state index in [1.165, 1.54) is 63.6 Å². The van der Waals surface area contributed by atoms with Crippen molar-refractivity contribution >= 4 is 103 Å². The van der Waals surface area contributed by atoms with Gasteiger partial charge >= 0.3 is 0 Å². The highest BCUT2D eigenvalue weighted by Gasteiger charge is 2.23. The average Bonchev–Trinajstić information content (AvgIpc) is 3.85. The highest BCUT2D eigenvalue weighted by Crippen LogP contribution is 2.48. The quantitative estimate of drug-likeness (QED) is 0.163. The van der Waals surface area contributed by atoms with Gasteiger partial charge in [0.1, 0.15) is 11.2 Å². The molecule has 2 nitrogen and oxygen atoms in total. The highest BCUT2D eigenvalue weighted by molar-refractivity contribution is 7.25. The lowest BCUT2D eigenvalue weighted by Gasteiger charge is -2.27. The second kappa shape index (κ2) is 12.7. The highest BCUT2D eigenvalue weighted by atomic mass is 32.1. The molecule has 0 saturated heterocycles. The molecule has 0 bridgehead atoms. The Morgan fingerprint density at radius 1 is 0.368 bits per heavy atom. The van der Waals surface area contributed by atoms with Crippen molar-refractivity contribution in [2.45, 2.75) is 0 Å². The third kappa shape index (κ3) is 5.10. The third-order valence-corrected chi connectivity index (χ3v) is 12.8. The summed E-state index contributed by atoms with van der Waals surface area (Å²) in [6, 6.07) is 72.8. The van der Waals surface area contributed by atoms with Gasteiger partial charge in [-0.15, -0.1) is 11.3 Å². The van der Waals surface area contributed by atoms with Crippen molar-refractivity contribution in [3.8, 4) is 22.3 Å². The summed E-state index contributed by atoms with van der Waals surface area (Å²) >= 11 is 1.86. The van der Waals surface area contributed by atoms with Gasteiger partial charge in [0.15, 0.2) is 0 Å². The smallest absolute Gasteiger partial charge is 0.145 e. The first-order valence-electron chi connectivity index (χ1n) is 19.4. The first-order valence-corrected chi connectivity index (χ1v) is 20.2. The van der Waals surface area contributed by atoms with Crippen LogP contribution in [0.25, 0.3) is 96.7 Å². The van der Waals surface area contributed by atoms with E-state index in [1.54, 1.807) is 0 Å². The Kier molecular flexibility index (Phi) is 7.13. The van der Waals surface area contributed by atoms with Crippen molar-refractivity contribution in [2.75, 3.05) is 4.90 Å². The molecule has 0 aliphatic rings. The van der Waals surface area contributed by atoms with Crippen LogP contribution in [-0.2, 0) is 0 Å². The van der Waals surface area contributed by atoms with Gasteiger partial charge in [-0.3, -0.25) is 0 Å². The summed E-state index contributed by atoms with van der Waals surface area (Å²) < 4.78 is 9.52. The van der Waals surface area contributed by atoms with E-state index in [9.17, 15) is 0 Å². The van der Waals surface area contributed by atoms with Gasteiger partial charge in [0.25, 0.3) is 0 Å². The molecule has 0 saturated carbocycles. The van der Waals surface area contributed by atoms with Crippen LogP contribution in [0.3, 0.4) is 0 Å². The van der Waals surface area contributed by atoms with Gasteiger partial charge in [0.2, 0.25) is 0 Å². The maximum Gasteiger partial charge on any atom is 0.145 e. The maximum atomic E-state index is 6.89. The van der Waals surface area contributed by atoms with E-state index in [0.717, 1.165) is 50.1 Å². The van der Waals surface area contributed by atoms with Crippen LogP contribution in [0.15, 0.2) is 205 Å². The zero-order valence-corrected chi connectivity index (χ0v) is 31.6. The van der Waals surface area contributed by atoms with E-state index < -0.39 is 0 Å². The molecule has 3 heteroatoms. The number of hydrogen-bond donors (Lipinski definition) is 0. The average molecular weight is 744 g/mol. The number of hydrogen-bond acceptors (Lipinski definition) is 3. The van der Waals surface area contributed by atoms with Crippen molar-refractivity contribution < 1.29 is 4.42 Å². The van der Waals surface area contributed by atoms with Gasteiger partial charge in [0, 0.05) is 42.5 Å². The molecule has 10 aromatic carbocycles. The summed E-state index contributed by atoms with van der Waals surface area (Å²) in [5.41, 5.74) is 9.63. The lowest BCUT2D eigenvalue weighted by atomic mass is 9.95. The van der Waals surface area contributed by atoms with Crippen LogP contribution >= 0.6 is 11.3 Å². The summed E-state index contributed by atoms with van der Waals surface area (Å²) in [7, 11) is 0. The SMILES string of the molecule is c1ccc2c(-c3ccc(N(c4ccc(-c5ccc6c(c5)sc5ccccc56)cc4)c4ccc5ccc6ccccc6c5c4)c4c3oc3ccccc34)cccc2c1. The van der Waals surface area contributed by atoms with Crippen LogP contribution < -0.4 is 4.90 Å². The van der Waals surface area contributed by atoms with Gasteiger partial charge in [0.05, 0.1) is 11.1 Å². The first kappa shape index (κ1) is 32.1. The number of nitrogens with zero attached hydrogens (tertiary/aromatic N) is 1. The number of para-hydroxylation sites is 1. The van der Waals surface area contributed by atoms with E-state index in [4.69, 9.17) is 4.42 Å². The Balaban J connectivity index is 1.09. The van der Waals surface area contributed by atoms with Crippen molar-refractivity contribution in [2.24, 2.45) is 0 Å². The fraction of sp³-hybridized carbons (Fsp3) is 0. The van der Waals surface area contributed by atoms with Crippen LogP contribution in [0.4, 0.5) is 17.1 Å². The topological polar surface area (TPSA) is 16.4 Å². The van der Waals surface area contributed by atoms with E-state index in [0.29, 0.717) is 0 Å². The van der Waals surface area contributed by atoms with E-state index in [1.807, 2.05) is 11.3 Å². The van der Waals surface area contributed by atoms with Crippen molar-refractivity contribution in [1.82, 2.24) is 0 Å². The summed E-state index contributed by atoms with van der Waals surface area (Å²) in [6.07, 6.45) is 0. The van der Waals surface area contributed by atoms with Crippen LogP contribution in [0, 0.1) is 0 Å². The molecule has 2 heterocycles. The zero-order valence-electron chi connectivity index (χ0n) is 30.8. The molecule has 266 valence electrons. The molecule has 0 atom stereocenters. The Hall–Kier alpha value is -7.20. The summed E-state index contributed by atoms with van der Waals surface area (Å²) in [5, 5.41) is 12.2. The minimum absolute atomic E-state index is 0.873. The maximum absolute atomic E-state index is 6.89. The molecule has 0 unspecified atom stereocenters. The standard InChI is InChI=1S/C54H33NOS/c1-3-13-41-35(10-1)12-9-17-43(41)46-30-31-49(53-47-16-5-7-18-50(47)56-54(46)53)55(40-28-24-37-21-20-36-11-2-4-14-42(36)48(37)33-40)39-26-22-34(23-27-39)38-25-29-45-44-15-6-8-19-51(44)57-52(45)32-38/h1-33H. The molecule has 0 N–H and O–H groups in total. The number of anilines is 3. The lowest BCUT2D eigenvalue weighted by Crippen LogP contribution is -2.10. The predicted octanol–water partition coefficient (Wildman–Crippen LogP) is 16.2. The van der Waals surface area contributed by atoms with E-state index in [2.05, 4.69) is 205 Å². The molecule has 0 spiro atoms. The first-order chi connectivity index (χ1) is 28.2. The number of rotatable bonds is 5. The molecular weight excluding hydrogens is 711 g/mol. The molecule has 0 radical (unpaired) electrons. The number of fused-ring (bicyclic) bond motifs is 10. The lowest BCUT2D eigenvalue weighted by molar-refractivity contribution is 0.670. The Morgan fingerprint density at radius 2 is 1.00 bits per heavy atom. The summed E-state index contributed by atoms with van der Waals surface area (Å²) in [6.45, 7) is 0. The largest absolute Gasteiger partial charge is 0.455 e. The molecule has 57 heavy (non-hydrogen) atoms. The molecular formula is C54H33NOS. The van der Waals surface area contributed by atoms with Crippen LogP contribution in [0.1, 0.15) is 0 Å². The van der Waals surface area contributed by atoms with Crippen LogP contribution in [0.2, 0.25) is 0 Å². The Labute approximate surface area is 333 Å². The molecule has 0 fully saturated rings. The molecule has 12 aromatic rings. The molecule has 0 amide bonds. The number of benzene rings is 10. The van der Waals surface area contributed by atoms with Gasteiger partial charge in [-0.05, 0) is 104 Å². The van der Waals surface area contributed by atoms with Gasteiger partial charge in [-0.25, -0.2) is 0 Å². The fourth-order valence-electron chi connectivity index (χ4n) is 8.93. The minimum atomic E-state index is 0.873. The van der Waals surface area contributed by atoms with Crippen LogP contribution in [0.5, 0.6) is 0 Å². The number of furan rings is 1. The van der Waals surface area contributed by atoms with Crippen LogP contribution in [-0.4, -0.2) is 0 Å². The monoisotopic (exact) mass is 743 g/mol. The zero-order chi connectivity index (χ0) is 37.5. The van der Waals surface area contributed by atoms with Crippen molar-refractivity contribution in [3.63, 3.8) is 0 Å². The van der Waals surface area contributed by atoms with E-state index in [-0.39, 0.29) is 0 Å². The predicted molar refractivity (Wildman–Crippen MR) is 245 cm³/mol. The normalized spacial score (nSPS) is 11.9. The van der Waals surface area contributed by atoms with Gasteiger partial charge in [-0.2, -0.15) is 0 Å². The Morgan fingerprint density at radius 3 is 1.86 bits per heavy atom. The van der Waals surface area contributed by atoms with Gasteiger partial charge < -0.3 is 9.32 Å². The summed E-state index contributed by atoms with van der Waals surface area (Å²) in [5.74, 6) is 0.